The zero-order chi connectivity index (χ0) is 22.6. The van der Waals surface area contributed by atoms with Gasteiger partial charge in [-0.15, -0.1) is 0 Å². The summed E-state index contributed by atoms with van der Waals surface area (Å²) in [5, 5.41) is 3.06. The maximum absolute atomic E-state index is 12.9. The van der Waals surface area contributed by atoms with E-state index in [1.165, 1.54) is 64.2 Å². The van der Waals surface area contributed by atoms with Gasteiger partial charge >= 0.3 is 0 Å². The van der Waals surface area contributed by atoms with Gasteiger partial charge in [0.25, 0.3) is 0 Å². The van der Waals surface area contributed by atoms with E-state index in [-0.39, 0.29) is 17.7 Å². The molecule has 1 aromatic rings. The monoisotopic (exact) mass is 429 g/mol. The molecule has 0 unspecified atom stereocenters. The number of carbonyl (C=O) groups excluding carboxylic acids is 2. The lowest BCUT2D eigenvalue weighted by Crippen LogP contribution is -2.42. The molecule has 1 N–H and O–H groups in total. The van der Waals surface area contributed by atoms with Gasteiger partial charge in [-0.3, -0.25) is 9.59 Å². The number of benzene rings is 1. The fourth-order valence-electron chi connectivity index (χ4n) is 4.03. The normalized spacial score (nSPS) is 11.9. The van der Waals surface area contributed by atoms with E-state index in [1.807, 2.05) is 30.3 Å². The van der Waals surface area contributed by atoms with E-state index in [2.05, 4.69) is 19.2 Å². The van der Waals surface area contributed by atoms with Crippen LogP contribution in [0.15, 0.2) is 30.3 Å². The zero-order valence-electron chi connectivity index (χ0n) is 20.3. The Hall–Kier alpha value is -1.64. The topological polar surface area (TPSA) is 46.2 Å². The second-order valence-corrected chi connectivity index (χ2v) is 9.02. The average Bonchev–Trinajstić information content (AvgIpc) is 2.78. The Morgan fingerprint density at radius 3 is 1.71 bits per heavy atom. The average molecular weight is 430 g/mol. The van der Waals surface area contributed by atoms with Crippen molar-refractivity contribution in [1.82, 2.24) is 5.32 Å². The Morgan fingerprint density at radius 1 is 0.677 bits per heavy atom. The molecule has 0 aliphatic carbocycles. The molecule has 31 heavy (non-hydrogen) atoms. The highest BCUT2D eigenvalue weighted by Gasteiger charge is 2.20. The molecule has 3 nitrogen and oxygen atoms in total. The number of hydrogen-bond acceptors (Lipinski definition) is 2. The number of Topliss-reactive ketones (excluding diaryl/α,β-unsaturated/α-hetero) is 1. The summed E-state index contributed by atoms with van der Waals surface area (Å²) < 4.78 is 0. The van der Waals surface area contributed by atoms with E-state index in [0.29, 0.717) is 19.3 Å². The summed E-state index contributed by atoms with van der Waals surface area (Å²) >= 11 is 0. The molecule has 0 spiro atoms. The summed E-state index contributed by atoms with van der Waals surface area (Å²) in [6.45, 7) is 4.46. The molecule has 1 amide bonds. The Kier molecular flexibility index (Phi) is 16.9. The molecule has 0 saturated heterocycles. The highest BCUT2D eigenvalue weighted by Crippen LogP contribution is 2.13. The Morgan fingerprint density at radius 2 is 1.16 bits per heavy atom. The second kappa shape index (κ2) is 19.1. The van der Waals surface area contributed by atoms with Crippen LogP contribution in [0.2, 0.25) is 0 Å². The van der Waals surface area contributed by atoms with Gasteiger partial charge in [0.1, 0.15) is 0 Å². The highest BCUT2D eigenvalue weighted by molar-refractivity contribution is 5.89. The molecule has 1 atom stereocenters. The van der Waals surface area contributed by atoms with Gasteiger partial charge < -0.3 is 5.32 Å². The molecule has 0 heterocycles. The minimum absolute atomic E-state index is 0.0300. The van der Waals surface area contributed by atoms with Crippen LogP contribution in [0.5, 0.6) is 0 Å². The van der Waals surface area contributed by atoms with Gasteiger partial charge in [0, 0.05) is 12.8 Å². The first kappa shape index (κ1) is 27.4. The molecule has 0 saturated carbocycles. The number of rotatable bonds is 20. The zero-order valence-corrected chi connectivity index (χ0v) is 20.3. The van der Waals surface area contributed by atoms with Crippen molar-refractivity contribution in [3.63, 3.8) is 0 Å². The van der Waals surface area contributed by atoms with Crippen LogP contribution in [-0.2, 0) is 16.0 Å². The molecule has 0 radical (unpaired) electrons. The Labute approximate surface area is 191 Å². The van der Waals surface area contributed by atoms with Crippen molar-refractivity contribution >= 4 is 11.7 Å². The summed E-state index contributed by atoms with van der Waals surface area (Å²) in [6.07, 6.45) is 18.5. The smallest absolute Gasteiger partial charge is 0.220 e. The van der Waals surface area contributed by atoms with Crippen LogP contribution in [0, 0.1) is 0 Å². The molecule has 0 bridgehead atoms. The van der Waals surface area contributed by atoms with Gasteiger partial charge in [-0.2, -0.15) is 0 Å². The molecule has 0 aliphatic rings. The van der Waals surface area contributed by atoms with Gasteiger partial charge in [0.2, 0.25) is 5.91 Å². The van der Waals surface area contributed by atoms with Crippen molar-refractivity contribution in [2.45, 2.75) is 129 Å². The summed E-state index contributed by atoms with van der Waals surface area (Å²) in [7, 11) is 0. The van der Waals surface area contributed by atoms with Crippen molar-refractivity contribution in [3.05, 3.63) is 35.9 Å². The summed E-state index contributed by atoms with van der Waals surface area (Å²) in [5.74, 6) is 0.215. The van der Waals surface area contributed by atoms with Crippen molar-refractivity contribution in [3.8, 4) is 0 Å². The third-order valence-electron chi connectivity index (χ3n) is 6.04. The number of ketones is 1. The lowest BCUT2D eigenvalue weighted by Gasteiger charge is -2.18. The molecule has 0 fully saturated rings. The quantitative estimate of drug-likeness (QED) is 0.217. The van der Waals surface area contributed by atoms with Gasteiger partial charge in [-0.05, 0) is 24.8 Å². The van der Waals surface area contributed by atoms with Crippen molar-refractivity contribution in [2.24, 2.45) is 0 Å². The van der Waals surface area contributed by atoms with E-state index in [0.717, 1.165) is 31.2 Å². The first-order valence-electron chi connectivity index (χ1n) is 13.0. The van der Waals surface area contributed by atoms with Crippen molar-refractivity contribution in [1.29, 1.82) is 0 Å². The molecular weight excluding hydrogens is 382 g/mol. The van der Waals surface area contributed by atoms with E-state index >= 15 is 0 Å². The molecule has 0 aliphatic heterocycles. The second-order valence-electron chi connectivity index (χ2n) is 9.02. The number of unbranched alkanes of at least 4 members (excludes halogenated alkanes) is 12. The van der Waals surface area contributed by atoms with Gasteiger partial charge in [0.15, 0.2) is 5.78 Å². The van der Waals surface area contributed by atoms with Crippen molar-refractivity contribution in [2.75, 3.05) is 0 Å². The third-order valence-corrected chi connectivity index (χ3v) is 6.04. The van der Waals surface area contributed by atoms with Crippen LogP contribution in [0.25, 0.3) is 0 Å². The summed E-state index contributed by atoms with van der Waals surface area (Å²) in [6, 6.07) is 9.66. The standard InChI is InChI=1S/C28H47NO2/c1-3-5-7-9-11-13-18-22-27(30)26(24-25-20-16-15-17-21-25)29-28(31)23-19-14-12-10-8-6-4-2/h15-17,20-21,26H,3-14,18-19,22-24H2,1-2H3,(H,29,31)/t26-/m0/s1. The lowest BCUT2D eigenvalue weighted by atomic mass is 9.98. The molecule has 1 aromatic carbocycles. The minimum atomic E-state index is -0.389. The van der Waals surface area contributed by atoms with Crippen LogP contribution in [0.4, 0.5) is 0 Å². The Balaban J connectivity index is 2.39. The predicted octanol–water partition coefficient (Wildman–Crippen LogP) is 7.56. The predicted molar refractivity (Wildman–Crippen MR) is 132 cm³/mol. The molecule has 176 valence electrons. The van der Waals surface area contributed by atoms with Gasteiger partial charge in [-0.25, -0.2) is 0 Å². The molecular formula is C28H47NO2. The van der Waals surface area contributed by atoms with E-state index in [1.54, 1.807) is 0 Å². The van der Waals surface area contributed by atoms with Gasteiger partial charge in [0.05, 0.1) is 6.04 Å². The molecule has 0 aromatic heterocycles. The Bertz CT molecular complexity index is 570. The largest absolute Gasteiger partial charge is 0.346 e. The van der Waals surface area contributed by atoms with Crippen LogP contribution < -0.4 is 5.32 Å². The van der Waals surface area contributed by atoms with E-state index in [9.17, 15) is 9.59 Å². The van der Waals surface area contributed by atoms with Crippen LogP contribution >= 0.6 is 0 Å². The van der Waals surface area contributed by atoms with Crippen molar-refractivity contribution < 1.29 is 9.59 Å². The number of carbonyl (C=O) groups is 2. The molecule has 1 rings (SSSR count). The number of hydrogen-bond donors (Lipinski definition) is 1. The first-order chi connectivity index (χ1) is 15.2. The maximum atomic E-state index is 12.9. The summed E-state index contributed by atoms with van der Waals surface area (Å²) in [4.78, 5) is 25.4. The van der Waals surface area contributed by atoms with Crippen LogP contribution in [0.1, 0.15) is 122 Å². The maximum Gasteiger partial charge on any atom is 0.220 e. The number of amides is 1. The first-order valence-corrected chi connectivity index (χ1v) is 13.0. The third kappa shape index (κ3) is 14.9. The lowest BCUT2D eigenvalue weighted by molar-refractivity contribution is -0.128. The highest BCUT2D eigenvalue weighted by atomic mass is 16.2. The molecule has 3 heteroatoms. The van der Waals surface area contributed by atoms with E-state index in [4.69, 9.17) is 0 Å². The summed E-state index contributed by atoms with van der Waals surface area (Å²) in [5.41, 5.74) is 1.11. The van der Waals surface area contributed by atoms with Crippen LogP contribution in [-0.4, -0.2) is 17.7 Å². The number of nitrogens with one attached hydrogen (secondary N) is 1. The minimum Gasteiger partial charge on any atom is -0.346 e. The fraction of sp³-hybridized carbons (Fsp3) is 0.714. The fourth-order valence-corrected chi connectivity index (χ4v) is 4.03. The SMILES string of the molecule is CCCCCCCCCC(=O)N[C@@H](Cc1ccccc1)C(=O)CCCCCCCCC. The van der Waals surface area contributed by atoms with E-state index < -0.39 is 0 Å². The van der Waals surface area contributed by atoms with Crippen LogP contribution in [0.3, 0.4) is 0 Å². The van der Waals surface area contributed by atoms with Gasteiger partial charge in [-0.1, -0.05) is 121 Å².